The van der Waals surface area contributed by atoms with Gasteiger partial charge in [-0.05, 0) is 19.3 Å². The fourth-order valence-corrected chi connectivity index (χ4v) is 2.75. The third kappa shape index (κ3) is 4.15. The van der Waals surface area contributed by atoms with Crippen LogP contribution in [0.15, 0.2) is 0 Å². The van der Waals surface area contributed by atoms with Crippen molar-refractivity contribution >= 4 is 16.0 Å². The Balaban J connectivity index is 2.62. The molecule has 1 saturated carbocycles. The van der Waals surface area contributed by atoms with Gasteiger partial charge in [0.25, 0.3) is 10.2 Å². The molecule has 4 N–H and O–H groups in total. The SMILES string of the molecule is CCCN(CC(=N)N)S(=O)(=O)NC1CC1. The van der Waals surface area contributed by atoms with Crippen LogP contribution in [0.2, 0.25) is 0 Å². The zero-order valence-corrected chi connectivity index (χ0v) is 9.68. The summed E-state index contributed by atoms with van der Waals surface area (Å²) in [4.78, 5) is 0. The van der Waals surface area contributed by atoms with Crippen LogP contribution in [0.4, 0.5) is 0 Å². The molecule has 0 unspecified atom stereocenters. The molecule has 1 fully saturated rings. The number of hydrogen-bond acceptors (Lipinski definition) is 3. The summed E-state index contributed by atoms with van der Waals surface area (Å²) >= 11 is 0. The first-order valence-corrected chi connectivity index (χ1v) is 6.50. The molecule has 88 valence electrons. The Morgan fingerprint density at radius 2 is 2.20 bits per heavy atom. The van der Waals surface area contributed by atoms with Crippen LogP contribution in [0.3, 0.4) is 0 Å². The van der Waals surface area contributed by atoms with E-state index in [9.17, 15) is 8.42 Å². The van der Waals surface area contributed by atoms with Crippen LogP contribution in [-0.2, 0) is 10.2 Å². The quantitative estimate of drug-likeness (QED) is 0.414. The first-order valence-electron chi connectivity index (χ1n) is 5.06. The molecule has 1 aliphatic rings. The van der Waals surface area contributed by atoms with Gasteiger partial charge in [0.1, 0.15) is 5.84 Å². The Bertz CT molecular complexity index is 324. The van der Waals surface area contributed by atoms with Crippen LogP contribution in [0.25, 0.3) is 0 Å². The zero-order chi connectivity index (χ0) is 11.5. The number of rotatable bonds is 7. The fraction of sp³-hybridized carbons (Fsp3) is 0.875. The summed E-state index contributed by atoms with van der Waals surface area (Å²) in [6.07, 6.45) is 2.51. The lowest BCUT2D eigenvalue weighted by molar-refractivity contribution is 0.437. The Morgan fingerprint density at radius 3 is 2.60 bits per heavy atom. The lowest BCUT2D eigenvalue weighted by Gasteiger charge is -2.20. The minimum atomic E-state index is -3.45. The van der Waals surface area contributed by atoms with E-state index >= 15 is 0 Å². The summed E-state index contributed by atoms with van der Waals surface area (Å²) < 4.78 is 27.3. The maximum atomic E-state index is 11.8. The molecule has 0 aliphatic heterocycles. The maximum absolute atomic E-state index is 11.8. The summed E-state index contributed by atoms with van der Waals surface area (Å²) in [5, 5.41) is 7.13. The highest BCUT2D eigenvalue weighted by molar-refractivity contribution is 7.87. The van der Waals surface area contributed by atoms with Crippen molar-refractivity contribution in [1.82, 2.24) is 9.03 Å². The number of nitrogens with two attached hydrogens (primary N) is 1. The first-order chi connectivity index (χ1) is 6.95. The van der Waals surface area contributed by atoms with Crippen molar-refractivity contribution in [3.63, 3.8) is 0 Å². The average Bonchev–Trinajstić information content (AvgIpc) is 2.86. The van der Waals surface area contributed by atoms with Crippen molar-refractivity contribution in [2.75, 3.05) is 13.1 Å². The van der Waals surface area contributed by atoms with Crippen molar-refractivity contribution in [2.24, 2.45) is 5.73 Å². The van der Waals surface area contributed by atoms with E-state index in [-0.39, 0.29) is 18.4 Å². The molecule has 7 heteroatoms. The molecule has 0 bridgehead atoms. The smallest absolute Gasteiger partial charge is 0.280 e. The average molecular weight is 234 g/mol. The molecule has 0 radical (unpaired) electrons. The van der Waals surface area contributed by atoms with E-state index in [1.165, 1.54) is 4.31 Å². The molecule has 0 heterocycles. The monoisotopic (exact) mass is 234 g/mol. The van der Waals surface area contributed by atoms with E-state index in [4.69, 9.17) is 11.1 Å². The molecule has 0 aromatic carbocycles. The highest BCUT2D eigenvalue weighted by Crippen LogP contribution is 2.20. The molecule has 1 aliphatic carbocycles. The lowest BCUT2D eigenvalue weighted by atomic mass is 10.4. The number of hydrogen-bond donors (Lipinski definition) is 3. The highest BCUT2D eigenvalue weighted by atomic mass is 32.2. The van der Waals surface area contributed by atoms with Crippen molar-refractivity contribution in [2.45, 2.75) is 32.2 Å². The molecule has 1 rings (SSSR count). The van der Waals surface area contributed by atoms with Crippen LogP contribution < -0.4 is 10.5 Å². The topological polar surface area (TPSA) is 99.3 Å². The van der Waals surface area contributed by atoms with Crippen LogP contribution in [0.5, 0.6) is 0 Å². The number of nitrogens with zero attached hydrogens (tertiary/aromatic N) is 1. The van der Waals surface area contributed by atoms with Crippen molar-refractivity contribution in [3.8, 4) is 0 Å². The van der Waals surface area contributed by atoms with Gasteiger partial charge in [0.15, 0.2) is 0 Å². The van der Waals surface area contributed by atoms with E-state index in [1.807, 2.05) is 6.92 Å². The summed E-state index contributed by atoms with van der Waals surface area (Å²) in [6.45, 7) is 2.25. The predicted molar refractivity (Wildman–Crippen MR) is 58.9 cm³/mol. The molecule has 0 spiro atoms. The second kappa shape index (κ2) is 4.91. The largest absolute Gasteiger partial charge is 0.387 e. The van der Waals surface area contributed by atoms with E-state index < -0.39 is 10.2 Å². The van der Waals surface area contributed by atoms with Crippen molar-refractivity contribution in [1.29, 1.82) is 5.41 Å². The van der Waals surface area contributed by atoms with Gasteiger partial charge < -0.3 is 5.73 Å². The van der Waals surface area contributed by atoms with E-state index in [0.29, 0.717) is 13.0 Å². The van der Waals surface area contributed by atoms with E-state index in [2.05, 4.69) is 4.72 Å². The van der Waals surface area contributed by atoms with Crippen molar-refractivity contribution < 1.29 is 8.42 Å². The third-order valence-electron chi connectivity index (χ3n) is 2.05. The third-order valence-corrected chi connectivity index (χ3v) is 3.68. The number of nitrogens with one attached hydrogen (secondary N) is 2. The Kier molecular flexibility index (Phi) is 4.06. The molecule has 0 amide bonds. The van der Waals surface area contributed by atoms with Gasteiger partial charge in [-0.15, -0.1) is 0 Å². The standard InChI is InChI=1S/C8H18N4O2S/c1-2-5-12(6-8(9)10)15(13,14)11-7-3-4-7/h7,11H,2-6H2,1H3,(H3,9,10). The highest BCUT2D eigenvalue weighted by Gasteiger charge is 2.30. The van der Waals surface area contributed by atoms with Gasteiger partial charge in [0, 0.05) is 12.6 Å². The molecule has 15 heavy (non-hydrogen) atoms. The molecule has 6 nitrogen and oxygen atoms in total. The summed E-state index contributed by atoms with van der Waals surface area (Å²) in [7, 11) is -3.45. The van der Waals surface area contributed by atoms with E-state index in [0.717, 1.165) is 12.8 Å². The Labute approximate surface area is 90.5 Å². The van der Waals surface area contributed by atoms with Gasteiger partial charge in [-0.1, -0.05) is 6.92 Å². The zero-order valence-electron chi connectivity index (χ0n) is 8.86. The van der Waals surface area contributed by atoms with Crippen LogP contribution >= 0.6 is 0 Å². The fourth-order valence-electron chi connectivity index (χ4n) is 1.21. The Hall–Kier alpha value is -0.660. The van der Waals surface area contributed by atoms with Gasteiger partial charge >= 0.3 is 0 Å². The normalized spacial score (nSPS) is 16.9. The molecule has 0 saturated heterocycles. The molecule has 0 atom stereocenters. The predicted octanol–water partition coefficient (Wildman–Crippen LogP) is -0.369. The first kappa shape index (κ1) is 12.4. The summed E-state index contributed by atoms with van der Waals surface area (Å²) in [5.74, 6) is -0.135. The maximum Gasteiger partial charge on any atom is 0.280 e. The van der Waals surface area contributed by atoms with E-state index in [1.54, 1.807) is 0 Å². The minimum absolute atomic E-state index is 0.0319. The lowest BCUT2D eigenvalue weighted by Crippen LogP contribution is -2.45. The molecular formula is C8H18N4O2S. The van der Waals surface area contributed by atoms with Gasteiger partial charge in [0.05, 0.1) is 6.54 Å². The second-order valence-electron chi connectivity index (χ2n) is 3.76. The number of amidine groups is 1. The minimum Gasteiger partial charge on any atom is -0.387 e. The second-order valence-corrected chi connectivity index (χ2v) is 5.46. The van der Waals surface area contributed by atoms with Gasteiger partial charge in [-0.3, -0.25) is 5.41 Å². The van der Waals surface area contributed by atoms with Crippen LogP contribution in [-0.4, -0.2) is 37.7 Å². The Morgan fingerprint density at radius 1 is 1.60 bits per heavy atom. The van der Waals surface area contributed by atoms with Crippen LogP contribution in [0, 0.1) is 5.41 Å². The molecule has 0 aromatic heterocycles. The van der Waals surface area contributed by atoms with Crippen molar-refractivity contribution in [3.05, 3.63) is 0 Å². The summed E-state index contributed by atoms with van der Waals surface area (Å²) in [6, 6.07) is 0.0846. The molecule has 0 aromatic rings. The van der Waals surface area contributed by atoms with Gasteiger partial charge in [-0.25, -0.2) is 0 Å². The molecular weight excluding hydrogens is 216 g/mol. The van der Waals surface area contributed by atoms with Crippen LogP contribution in [0.1, 0.15) is 26.2 Å². The van der Waals surface area contributed by atoms with Gasteiger partial charge in [-0.2, -0.15) is 17.4 Å². The van der Waals surface area contributed by atoms with Gasteiger partial charge in [0.2, 0.25) is 0 Å². The summed E-state index contributed by atoms with van der Waals surface area (Å²) in [5.41, 5.74) is 5.22.